The fourth-order valence-electron chi connectivity index (χ4n) is 3.77. The molecule has 1 aromatic rings. The van der Waals surface area contributed by atoms with Crippen LogP contribution in [0.25, 0.3) is 0 Å². The second-order valence-electron chi connectivity index (χ2n) is 6.87. The van der Waals surface area contributed by atoms with Crippen molar-refractivity contribution < 1.29 is 9.53 Å². The third-order valence-corrected chi connectivity index (χ3v) is 5.21. The third kappa shape index (κ3) is 3.47. The normalized spacial score (nSPS) is 26.4. The number of ether oxygens (including phenoxy) is 1. The molecule has 1 aliphatic carbocycles. The minimum atomic E-state index is -0.464. The molecule has 0 aromatic carbocycles. The summed E-state index contributed by atoms with van der Waals surface area (Å²) in [4.78, 5) is 24.8. The first-order valence-corrected chi connectivity index (χ1v) is 8.87. The number of hydrogen-bond donors (Lipinski definition) is 0. The Bertz CT molecular complexity index is 729. The lowest BCUT2D eigenvalue weighted by molar-refractivity contribution is -0.126. The van der Waals surface area contributed by atoms with Crippen LogP contribution >= 0.6 is 0 Å². The van der Waals surface area contributed by atoms with Crippen LogP contribution in [0.1, 0.15) is 56.3 Å². The molecule has 0 spiro atoms. The van der Waals surface area contributed by atoms with Gasteiger partial charge in [0.1, 0.15) is 6.04 Å². The Labute approximate surface area is 143 Å². The van der Waals surface area contributed by atoms with Gasteiger partial charge < -0.3 is 4.74 Å². The van der Waals surface area contributed by atoms with Crippen molar-refractivity contribution in [3.05, 3.63) is 33.7 Å². The summed E-state index contributed by atoms with van der Waals surface area (Å²) in [6.45, 7) is 3.99. The zero-order valence-electron chi connectivity index (χ0n) is 14.5. The summed E-state index contributed by atoms with van der Waals surface area (Å²) in [5, 5.41) is 0. The van der Waals surface area contributed by atoms with Crippen molar-refractivity contribution in [1.82, 2.24) is 4.57 Å². The van der Waals surface area contributed by atoms with Gasteiger partial charge in [-0.2, -0.15) is 0 Å². The van der Waals surface area contributed by atoms with Gasteiger partial charge in [0.15, 0.2) is 5.78 Å². The average molecular weight is 327 g/mol. The fourth-order valence-corrected chi connectivity index (χ4v) is 3.77. The van der Waals surface area contributed by atoms with Gasteiger partial charge in [0, 0.05) is 23.6 Å². The largest absolute Gasteiger partial charge is 0.376 e. The summed E-state index contributed by atoms with van der Waals surface area (Å²) in [5.41, 5.74) is 1.56. The van der Waals surface area contributed by atoms with Gasteiger partial charge in [-0.05, 0) is 52.0 Å². The van der Waals surface area contributed by atoms with Crippen LogP contribution < -0.4 is 5.56 Å². The maximum atomic E-state index is 12.5. The van der Waals surface area contributed by atoms with E-state index in [2.05, 4.69) is 11.8 Å². The van der Waals surface area contributed by atoms with Crippen molar-refractivity contribution in [2.75, 3.05) is 6.61 Å². The first-order valence-electron chi connectivity index (χ1n) is 8.87. The summed E-state index contributed by atoms with van der Waals surface area (Å²) in [5.74, 6) is 6.83. The number of rotatable bonds is 3. The van der Waals surface area contributed by atoms with Crippen molar-refractivity contribution in [3.8, 4) is 11.8 Å². The lowest BCUT2D eigenvalue weighted by atomic mass is 9.88. The van der Waals surface area contributed by atoms with Gasteiger partial charge in [0.05, 0.1) is 12.7 Å². The van der Waals surface area contributed by atoms with E-state index in [4.69, 9.17) is 4.74 Å². The number of carbonyl (C=O) groups excluding carboxylic acids is 1. The first kappa shape index (κ1) is 17.0. The van der Waals surface area contributed by atoms with Gasteiger partial charge in [0.25, 0.3) is 5.56 Å². The van der Waals surface area contributed by atoms with Gasteiger partial charge in [-0.25, -0.2) is 0 Å². The molecule has 4 heteroatoms. The summed E-state index contributed by atoms with van der Waals surface area (Å²) < 4.78 is 7.70. The van der Waals surface area contributed by atoms with Gasteiger partial charge in [-0.15, -0.1) is 11.8 Å². The van der Waals surface area contributed by atoms with E-state index in [1.807, 2.05) is 19.1 Å². The molecular weight excluding hydrogens is 302 g/mol. The fraction of sp³-hybridized carbons (Fsp3) is 0.600. The second-order valence-corrected chi connectivity index (χ2v) is 6.87. The highest BCUT2D eigenvalue weighted by Crippen LogP contribution is 2.27. The number of fused-ring (bicyclic) bond motifs is 1. The van der Waals surface area contributed by atoms with Crippen molar-refractivity contribution in [2.45, 2.75) is 64.5 Å². The first-order chi connectivity index (χ1) is 11.6. The maximum Gasteiger partial charge on any atom is 0.254 e. The van der Waals surface area contributed by atoms with E-state index in [1.54, 1.807) is 11.5 Å². The molecule has 4 nitrogen and oxygen atoms in total. The van der Waals surface area contributed by atoms with Crippen molar-refractivity contribution in [3.63, 3.8) is 0 Å². The standard InChI is InChI=1S/C20H25NO3/c1-3-4-15-6-10-17(11-7-15)24-13-18-19(22)12-9-16-8-5-14(2)20(23)21(16)18/h5,8,15,17-18H,6-7,9-13H2,1-2H3/t15-,17+,18?. The topological polar surface area (TPSA) is 48.3 Å². The van der Waals surface area contributed by atoms with E-state index in [1.165, 1.54) is 0 Å². The zero-order chi connectivity index (χ0) is 17.1. The number of aryl methyl sites for hydroxylation is 2. The Balaban J connectivity index is 1.68. The quantitative estimate of drug-likeness (QED) is 0.802. The third-order valence-electron chi connectivity index (χ3n) is 5.21. The van der Waals surface area contributed by atoms with E-state index in [0.29, 0.717) is 30.9 Å². The summed E-state index contributed by atoms with van der Waals surface area (Å²) in [7, 11) is 0. The van der Waals surface area contributed by atoms with Crippen LogP contribution in [0.3, 0.4) is 0 Å². The van der Waals surface area contributed by atoms with Crippen molar-refractivity contribution in [1.29, 1.82) is 0 Å². The minimum absolute atomic E-state index is 0.0592. The second kappa shape index (κ2) is 7.36. The summed E-state index contributed by atoms with van der Waals surface area (Å²) >= 11 is 0. The number of ketones is 1. The maximum absolute atomic E-state index is 12.5. The number of Topliss-reactive ketones (excluding diaryl/α,β-unsaturated/α-hetero) is 1. The molecule has 0 N–H and O–H groups in total. The molecule has 3 rings (SSSR count). The molecule has 2 heterocycles. The number of nitrogens with zero attached hydrogens (tertiary/aromatic N) is 1. The molecule has 1 aliphatic heterocycles. The van der Waals surface area contributed by atoms with Gasteiger partial charge in [-0.1, -0.05) is 6.07 Å². The van der Waals surface area contributed by atoms with E-state index in [0.717, 1.165) is 31.4 Å². The van der Waals surface area contributed by atoms with Crippen LogP contribution in [0.4, 0.5) is 0 Å². The van der Waals surface area contributed by atoms with E-state index >= 15 is 0 Å². The molecule has 1 saturated carbocycles. The average Bonchev–Trinajstić information content (AvgIpc) is 2.59. The Morgan fingerprint density at radius 1 is 1.17 bits per heavy atom. The van der Waals surface area contributed by atoms with Crippen molar-refractivity contribution in [2.24, 2.45) is 5.92 Å². The minimum Gasteiger partial charge on any atom is -0.376 e. The number of carbonyl (C=O) groups is 1. The van der Waals surface area contributed by atoms with Crippen LogP contribution in [-0.2, 0) is 16.0 Å². The molecule has 0 saturated heterocycles. The molecule has 24 heavy (non-hydrogen) atoms. The van der Waals surface area contributed by atoms with Crippen LogP contribution in [0.5, 0.6) is 0 Å². The zero-order valence-corrected chi connectivity index (χ0v) is 14.5. The highest BCUT2D eigenvalue weighted by Gasteiger charge is 2.30. The molecule has 0 bridgehead atoms. The van der Waals surface area contributed by atoms with Crippen molar-refractivity contribution >= 4 is 5.78 Å². The highest BCUT2D eigenvalue weighted by molar-refractivity contribution is 5.84. The van der Waals surface area contributed by atoms with Crippen LogP contribution in [-0.4, -0.2) is 23.1 Å². The SMILES string of the molecule is CC#C[C@H]1CC[C@@H](OCC2C(=O)CCc3ccc(C)c(=O)n32)CC1. The molecule has 1 atom stereocenters. The number of pyridine rings is 1. The van der Waals surface area contributed by atoms with Crippen LogP contribution in [0, 0.1) is 24.7 Å². The predicted molar refractivity (Wildman–Crippen MR) is 93.0 cm³/mol. The monoisotopic (exact) mass is 327 g/mol. The van der Waals surface area contributed by atoms with E-state index in [-0.39, 0.29) is 17.4 Å². The summed E-state index contributed by atoms with van der Waals surface area (Å²) in [6, 6.07) is 3.34. The lowest BCUT2D eigenvalue weighted by Gasteiger charge is -2.30. The van der Waals surface area contributed by atoms with E-state index in [9.17, 15) is 9.59 Å². The molecule has 1 aromatic heterocycles. The Morgan fingerprint density at radius 2 is 1.92 bits per heavy atom. The summed E-state index contributed by atoms with van der Waals surface area (Å²) in [6.07, 6.45) is 5.39. The number of hydrogen-bond acceptors (Lipinski definition) is 3. The Hall–Kier alpha value is -1.86. The number of aromatic nitrogens is 1. The van der Waals surface area contributed by atoms with Crippen LogP contribution in [0.2, 0.25) is 0 Å². The molecule has 1 fully saturated rings. The molecule has 1 unspecified atom stereocenters. The molecule has 2 aliphatic rings. The molecule has 128 valence electrons. The van der Waals surface area contributed by atoms with Gasteiger partial charge in [0.2, 0.25) is 0 Å². The molecular formula is C20H25NO3. The predicted octanol–water partition coefficient (Wildman–Crippen LogP) is 2.81. The van der Waals surface area contributed by atoms with E-state index < -0.39 is 6.04 Å². The smallest absolute Gasteiger partial charge is 0.254 e. The van der Waals surface area contributed by atoms with Gasteiger partial charge in [-0.3, -0.25) is 14.2 Å². The Morgan fingerprint density at radius 3 is 2.62 bits per heavy atom. The van der Waals surface area contributed by atoms with Crippen LogP contribution in [0.15, 0.2) is 16.9 Å². The van der Waals surface area contributed by atoms with Gasteiger partial charge >= 0.3 is 0 Å². The highest BCUT2D eigenvalue weighted by atomic mass is 16.5. The Kier molecular flexibility index (Phi) is 5.20. The lowest BCUT2D eigenvalue weighted by Crippen LogP contribution is -2.40. The molecule has 0 radical (unpaired) electrons. The molecule has 0 amide bonds.